The molecule has 142 valence electrons. The maximum atomic E-state index is 12.7. The molecule has 0 atom stereocenters. The van der Waals surface area contributed by atoms with Crippen molar-refractivity contribution in [2.45, 2.75) is 24.7 Å². The highest BCUT2D eigenvalue weighted by Gasteiger charge is 2.24. The quantitative estimate of drug-likeness (QED) is 0.405. The number of rotatable bonds is 6. The van der Waals surface area contributed by atoms with Gasteiger partial charge in [-0.05, 0) is 48.9 Å². The Balaban J connectivity index is 1.88. The lowest BCUT2D eigenvalue weighted by atomic mass is 10.1. The van der Waals surface area contributed by atoms with E-state index in [1.54, 1.807) is 36.0 Å². The summed E-state index contributed by atoms with van der Waals surface area (Å²) in [6.07, 6.45) is 2.04. The van der Waals surface area contributed by atoms with Gasteiger partial charge in [-0.25, -0.2) is 0 Å². The zero-order valence-corrected chi connectivity index (χ0v) is 16.5. The summed E-state index contributed by atoms with van der Waals surface area (Å²) in [6, 6.07) is 9.95. The lowest BCUT2D eigenvalue weighted by Crippen LogP contribution is -2.20. The number of carbonyl (C=O) groups excluding carboxylic acids is 1. The largest absolute Gasteiger partial charge is 0.366 e. The smallest absolute Gasteiger partial charge is 0.293 e. The van der Waals surface area contributed by atoms with E-state index in [0.717, 1.165) is 36.6 Å². The highest BCUT2D eigenvalue weighted by Crippen LogP contribution is 2.33. The number of nitro groups is 1. The molecule has 1 amide bonds. The number of halogens is 1. The fourth-order valence-corrected chi connectivity index (χ4v) is 4.02. The fraction of sp³-hybridized carbons (Fsp3) is 0.316. The molecule has 0 spiro atoms. The molecule has 0 unspecified atom stereocenters. The van der Waals surface area contributed by atoms with Gasteiger partial charge in [0.25, 0.3) is 11.6 Å². The van der Waals surface area contributed by atoms with Gasteiger partial charge in [0.2, 0.25) is 0 Å². The van der Waals surface area contributed by atoms with E-state index >= 15 is 0 Å². The van der Waals surface area contributed by atoms with Gasteiger partial charge in [0.1, 0.15) is 5.69 Å². The van der Waals surface area contributed by atoms with Crippen molar-refractivity contribution < 1.29 is 9.72 Å². The van der Waals surface area contributed by atoms with Crippen LogP contribution >= 0.6 is 23.4 Å². The summed E-state index contributed by atoms with van der Waals surface area (Å²) in [7, 11) is 0. The van der Waals surface area contributed by atoms with E-state index in [2.05, 4.69) is 5.32 Å². The van der Waals surface area contributed by atoms with Crippen LogP contribution in [0, 0.1) is 10.1 Å². The Labute approximate surface area is 167 Å². The summed E-state index contributed by atoms with van der Waals surface area (Å²) in [5.74, 6) is 0.451. The van der Waals surface area contributed by atoms with Gasteiger partial charge >= 0.3 is 0 Å². The van der Waals surface area contributed by atoms with Crippen molar-refractivity contribution in [1.82, 2.24) is 0 Å². The van der Waals surface area contributed by atoms with Crippen molar-refractivity contribution >= 4 is 46.3 Å². The molecule has 0 saturated carbocycles. The van der Waals surface area contributed by atoms with Crippen molar-refractivity contribution in [1.29, 1.82) is 0 Å². The summed E-state index contributed by atoms with van der Waals surface area (Å²) < 4.78 is 0. The monoisotopic (exact) mass is 405 g/mol. The Morgan fingerprint density at radius 3 is 2.67 bits per heavy atom. The first-order chi connectivity index (χ1) is 13.0. The van der Waals surface area contributed by atoms with Crippen LogP contribution in [0.2, 0.25) is 5.02 Å². The molecule has 1 aliphatic rings. The van der Waals surface area contributed by atoms with Gasteiger partial charge in [0, 0.05) is 34.6 Å². The first-order valence-electron chi connectivity index (χ1n) is 8.76. The highest BCUT2D eigenvalue weighted by molar-refractivity contribution is 7.99. The standard InChI is InChI=1S/C19H20ClN3O3S/c1-2-27-18-8-6-14(20)12-15(18)21-19(24)13-5-7-16(17(11-13)23(25)26)22-9-3-4-10-22/h5-8,11-12H,2-4,9-10H2,1H3,(H,21,24). The normalized spacial score (nSPS) is 13.6. The van der Waals surface area contributed by atoms with E-state index in [9.17, 15) is 14.9 Å². The summed E-state index contributed by atoms with van der Waals surface area (Å²) in [6.45, 7) is 3.62. The van der Waals surface area contributed by atoms with Gasteiger partial charge in [-0.1, -0.05) is 18.5 Å². The molecular formula is C19H20ClN3O3S. The van der Waals surface area contributed by atoms with Crippen LogP contribution in [-0.2, 0) is 0 Å². The average Bonchev–Trinajstić information content (AvgIpc) is 3.18. The molecular weight excluding hydrogens is 386 g/mol. The van der Waals surface area contributed by atoms with E-state index in [4.69, 9.17) is 11.6 Å². The summed E-state index contributed by atoms with van der Waals surface area (Å²) >= 11 is 7.64. The van der Waals surface area contributed by atoms with Crippen LogP contribution in [0.4, 0.5) is 17.1 Å². The first-order valence-corrected chi connectivity index (χ1v) is 10.1. The van der Waals surface area contributed by atoms with Crippen molar-refractivity contribution in [2.24, 2.45) is 0 Å². The zero-order chi connectivity index (χ0) is 19.4. The van der Waals surface area contributed by atoms with Gasteiger partial charge < -0.3 is 10.2 Å². The topological polar surface area (TPSA) is 75.5 Å². The van der Waals surface area contributed by atoms with Crippen molar-refractivity contribution in [3.63, 3.8) is 0 Å². The second kappa shape index (κ2) is 8.63. The van der Waals surface area contributed by atoms with Crippen molar-refractivity contribution in [2.75, 3.05) is 29.1 Å². The minimum Gasteiger partial charge on any atom is -0.366 e. The second-order valence-corrected chi connectivity index (χ2v) is 7.92. The van der Waals surface area contributed by atoms with Gasteiger partial charge in [-0.15, -0.1) is 11.8 Å². The predicted octanol–water partition coefficient (Wildman–Crippen LogP) is 5.21. The molecule has 1 N–H and O–H groups in total. The number of carbonyl (C=O) groups is 1. The van der Waals surface area contributed by atoms with Gasteiger partial charge in [0.05, 0.1) is 10.6 Å². The van der Waals surface area contributed by atoms with E-state index in [1.807, 2.05) is 17.9 Å². The number of hydrogen-bond acceptors (Lipinski definition) is 5. The SMILES string of the molecule is CCSc1ccc(Cl)cc1NC(=O)c1ccc(N2CCCC2)c([N+](=O)[O-])c1. The average molecular weight is 406 g/mol. The van der Waals surface area contributed by atoms with E-state index in [0.29, 0.717) is 16.4 Å². The van der Waals surface area contributed by atoms with Crippen molar-refractivity contribution in [3.8, 4) is 0 Å². The number of amides is 1. The molecule has 1 aliphatic heterocycles. The van der Waals surface area contributed by atoms with Crippen LogP contribution < -0.4 is 10.2 Å². The molecule has 1 heterocycles. The van der Waals surface area contributed by atoms with Crippen LogP contribution in [-0.4, -0.2) is 29.7 Å². The highest BCUT2D eigenvalue weighted by atomic mass is 35.5. The maximum absolute atomic E-state index is 12.7. The lowest BCUT2D eigenvalue weighted by molar-refractivity contribution is -0.384. The molecule has 1 fully saturated rings. The van der Waals surface area contributed by atoms with E-state index in [-0.39, 0.29) is 11.3 Å². The van der Waals surface area contributed by atoms with Gasteiger partial charge in [0.15, 0.2) is 0 Å². The Morgan fingerprint density at radius 1 is 1.26 bits per heavy atom. The van der Waals surface area contributed by atoms with E-state index in [1.165, 1.54) is 6.07 Å². The molecule has 3 rings (SSSR count). The fourth-order valence-electron chi connectivity index (χ4n) is 3.11. The summed E-state index contributed by atoms with van der Waals surface area (Å²) in [4.78, 5) is 26.7. The molecule has 0 radical (unpaired) electrons. The van der Waals surface area contributed by atoms with E-state index < -0.39 is 10.8 Å². The maximum Gasteiger partial charge on any atom is 0.293 e. The lowest BCUT2D eigenvalue weighted by Gasteiger charge is -2.18. The molecule has 6 nitrogen and oxygen atoms in total. The molecule has 1 saturated heterocycles. The molecule has 0 aromatic heterocycles. The molecule has 2 aromatic carbocycles. The third kappa shape index (κ3) is 4.54. The van der Waals surface area contributed by atoms with Crippen LogP contribution in [0.15, 0.2) is 41.3 Å². The first kappa shape index (κ1) is 19.5. The third-order valence-electron chi connectivity index (χ3n) is 4.37. The summed E-state index contributed by atoms with van der Waals surface area (Å²) in [5.41, 5.74) is 1.38. The third-order valence-corrected chi connectivity index (χ3v) is 5.56. The number of anilines is 2. The Morgan fingerprint density at radius 2 is 2.00 bits per heavy atom. The summed E-state index contributed by atoms with van der Waals surface area (Å²) in [5, 5.41) is 14.9. The van der Waals surface area contributed by atoms with Crippen LogP contribution in [0.3, 0.4) is 0 Å². The number of nitrogens with zero attached hydrogens (tertiary/aromatic N) is 2. The van der Waals surface area contributed by atoms with Crippen molar-refractivity contribution in [3.05, 3.63) is 57.1 Å². The van der Waals surface area contributed by atoms with Crippen LogP contribution in [0.5, 0.6) is 0 Å². The van der Waals surface area contributed by atoms with Gasteiger partial charge in [-0.2, -0.15) is 0 Å². The molecule has 27 heavy (non-hydrogen) atoms. The number of nitrogens with one attached hydrogen (secondary N) is 1. The second-order valence-electron chi connectivity index (χ2n) is 6.18. The van der Waals surface area contributed by atoms with Crippen LogP contribution in [0.1, 0.15) is 30.1 Å². The Hall–Kier alpha value is -2.25. The minimum absolute atomic E-state index is 0.0428. The number of nitro benzene ring substituents is 1. The van der Waals surface area contributed by atoms with Crippen LogP contribution in [0.25, 0.3) is 0 Å². The number of hydrogen-bond donors (Lipinski definition) is 1. The zero-order valence-electron chi connectivity index (χ0n) is 14.9. The molecule has 8 heteroatoms. The number of thioether (sulfide) groups is 1. The Bertz CT molecular complexity index is 869. The predicted molar refractivity (Wildman–Crippen MR) is 110 cm³/mol. The molecule has 0 aliphatic carbocycles. The number of benzene rings is 2. The Kier molecular flexibility index (Phi) is 6.23. The van der Waals surface area contributed by atoms with Gasteiger partial charge in [-0.3, -0.25) is 14.9 Å². The molecule has 2 aromatic rings. The molecule has 0 bridgehead atoms. The minimum atomic E-state index is -0.428.